The van der Waals surface area contributed by atoms with Crippen LogP contribution in [0.5, 0.6) is 11.5 Å². The van der Waals surface area contributed by atoms with Crippen LogP contribution in [0.1, 0.15) is 46.1 Å². The van der Waals surface area contributed by atoms with E-state index in [1.807, 2.05) is 27.7 Å². The second kappa shape index (κ2) is 12.6. The van der Waals surface area contributed by atoms with Crippen molar-refractivity contribution in [2.75, 3.05) is 37.9 Å². The molecule has 2 rings (SSSR count). The van der Waals surface area contributed by atoms with E-state index in [2.05, 4.69) is 0 Å². The Morgan fingerprint density at radius 1 is 1.18 bits per heavy atom. The Labute approximate surface area is 196 Å². The number of carbonyl (C=O) groups is 2. The molecule has 0 bridgehead atoms. The number of sulfone groups is 1. The average Bonchev–Trinajstić information content (AvgIpc) is 3.13. The highest BCUT2D eigenvalue weighted by molar-refractivity contribution is 7.91. The summed E-state index contributed by atoms with van der Waals surface area (Å²) in [5, 5.41) is 0. The summed E-state index contributed by atoms with van der Waals surface area (Å²) in [4.78, 5) is 26.4. The summed E-state index contributed by atoms with van der Waals surface area (Å²) in [5.74, 6) is 0.389. The predicted molar refractivity (Wildman–Crippen MR) is 127 cm³/mol. The minimum atomic E-state index is -3.13. The maximum absolute atomic E-state index is 12.7. The van der Waals surface area contributed by atoms with Crippen LogP contribution in [0.4, 0.5) is 0 Å². The second-order valence-corrected chi connectivity index (χ2v) is 10.7. The number of ether oxygens (including phenoxy) is 3. The molecule has 1 fully saturated rings. The molecule has 1 unspecified atom stereocenters. The van der Waals surface area contributed by atoms with Crippen molar-refractivity contribution in [3.05, 3.63) is 29.8 Å². The number of hydrogen-bond acceptors (Lipinski definition) is 7. The fourth-order valence-electron chi connectivity index (χ4n) is 3.53. The molecule has 0 N–H and O–H groups in total. The molecule has 1 atom stereocenters. The summed E-state index contributed by atoms with van der Waals surface area (Å²) < 4.78 is 40.1. The number of benzene rings is 1. The van der Waals surface area contributed by atoms with Crippen LogP contribution in [-0.4, -0.2) is 69.1 Å². The maximum Gasteiger partial charge on any atom is 0.331 e. The monoisotopic (exact) mass is 481 g/mol. The SMILES string of the molecule is CCCOc1ccc(/C=C/C(=O)OCC(=O)N(CC(C)C)C2CCS(=O)(=O)C2)cc1OCC. The van der Waals surface area contributed by atoms with E-state index in [0.29, 0.717) is 37.7 Å². The van der Waals surface area contributed by atoms with E-state index in [0.717, 1.165) is 12.0 Å². The number of esters is 1. The van der Waals surface area contributed by atoms with Crippen molar-refractivity contribution in [2.45, 2.75) is 46.6 Å². The van der Waals surface area contributed by atoms with Gasteiger partial charge < -0.3 is 19.1 Å². The van der Waals surface area contributed by atoms with Gasteiger partial charge >= 0.3 is 5.97 Å². The first-order valence-electron chi connectivity index (χ1n) is 11.4. The van der Waals surface area contributed by atoms with Crippen LogP contribution in [0.25, 0.3) is 6.08 Å². The van der Waals surface area contributed by atoms with E-state index in [-0.39, 0.29) is 29.4 Å². The Kier molecular flexibility index (Phi) is 10.2. The van der Waals surface area contributed by atoms with Crippen LogP contribution in [0.3, 0.4) is 0 Å². The number of amides is 1. The summed E-state index contributed by atoms with van der Waals surface area (Å²) >= 11 is 0. The molecule has 1 amide bonds. The van der Waals surface area contributed by atoms with E-state index in [4.69, 9.17) is 14.2 Å². The number of nitrogens with zero attached hydrogens (tertiary/aromatic N) is 1. The standard InChI is InChI=1S/C24H35NO7S/c1-5-12-31-21-9-7-19(14-22(21)30-6-2)8-10-24(27)32-16-23(26)25(15-18(3)4)20-11-13-33(28,29)17-20/h7-10,14,18,20H,5-6,11-13,15-17H2,1-4H3/b10-8+. The Bertz CT molecular complexity index is 940. The third kappa shape index (κ3) is 8.72. The maximum atomic E-state index is 12.7. The first kappa shape index (κ1) is 26.7. The fourth-order valence-corrected chi connectivity index (χ4v) is 5.26. The third-order valence-corrected chi connectivity index (χ3v) is 6.76. The van der Waals surface area contributed by atoms with Crippen molar-refractivity contribution >= 4 is 27.8 Å². The molecule has 1 aromatic rings. The average molecular weight is 482 g/mol. The summed E-state index contributed by atoms with van der Waals surface area (Å²) in [6.45, 7) is 8.85. The molecule has 1 saturated heterocycles. The second-order valence-electron chi connectivity index (χ2n) is 8.43. The molecule has 8 nitrogen and oxygen atoms in total. The quantitative estimate of drug-likeness (QED) is 0.334. The number of hydrogen-bond donors (Lipinski definition) is 0. The molecule has 1 aromatic carbocycles. The lowest BCUT2D eigenvalue weighted by Gasteiger charge is -2.29. The van der Waals surface area contributed by atoms with Gasteiger partial charge in [-0.25, -0.2) is 13.2 Å². The topological polar surface area (TPSA) is 99.2 Å². The van der Waals surface area contributed by atoms with Crippen molar-refractivity contribution < 1.29 is 32.2 Å². The molecule has 33 heavy (non-hydrogen) atoms. The lowest BCUT2D eigenvalue weighted by atomic mass is 10.1. The van der Waals surface area contributed by atoms with Gasteiger partial charge in [-0.2, -0.15) is 0 Å². The molecular formula is C24H35NO7S. The molecule has 1 aliphatic heterocycles. The minimum absolute atomic E-state index is 0.0422. The zero-order valence-electron chi connectivity index (χ0n) is 19.9. The highest BCUT2D eigenvalue weighted by Gasteiger charge is 2.35. The summed E-state index contributed by atoms with van der Waals surface area (Å²) in [6.07, 6.45) is 4.11. The van der Waals surface area contributed by atoms with Gasteiger partial charge in [0.1, 0.15) is 0 Å². The van der Waals surface area contributed by atoms with Crippen LogP contribution in [-0.2, 0) is 24.2 Å². The zero-order chi connectivity index (χ0) is 24.4. The van der Waals surface area contributed by atoms with E-state index in [1.54, 1.807) is 24.3 Å². The van der Waals surface area contributed by atoms with Crippen LogP contribution >= 0.6 is 0 Å². The first-order valence-corrected chi connectivity index (χ1v) is 13.2. The summed E-state index contributed by atoms with van der Waals surface area (Å²) in [6, 6.07) is 4.99. The fraction of sp³-hybridized carbons (Fsp3) is 0.583. The lowest BCUT2D eigenvalue weighted by molar-refractivity contribution is -0.149. The Hall–Kier alpha value is -2.55. The molecule has 1 heterocycles. The van der Waals surface area contributed by atoms with Gasteiger partial charge in [-0.15, -0.1) is 0 Å². The van der Waals surface area contributed by atoms with Crippen LogP contribution in [0, 0.1) is 5.92 Å². The van der Waals surface area contributed by atoms with Gasteiger partial charge in [-0.05, 0) is 49.5 Å². The van der Waals surface area contributed by atoms with Gasteiger partial charge in [0.25, 0.3) is 5.91 Å². The first-order chi connectivity index (χ1) is 15.6. The van der Waals surface area contributed by atoms with Crippen LogP contribution in [0.2, 0.25) is 0 Å². The molecular weight excluding hydrogens is 446 g/mol. The van der Waals surface area contributed by atoms with Crippen molar-refractivity contribution in [1.82, 2.24) is 4.90 Å². The van der Waals surface area contributed by atoms with E-state index in [9.17, 15) is 18.0 Å². The van der Waals surface area contributed by atoms with Gasteiger partial charge in [0.05, 0.1) is 24.7 Å². The van der Waals surface area contributed by atoms with E-state index in [1.165, 1.54) is 11.0 Å². The number of rotatable bonds is 12. The largest absolute Gasteiger partial charge is 0.490 e. The number of carbonyl (C=O) groups excluding carboxylic acids is 2. The Morgan fingerprint density at radius 2 is 1.94 bits per heavy atom. The molecule has 1 aliphatic rings. The van der Waals surface area contributed by atoms with Gasteiger partial charge in [-0.3, -0.25) is 4.79 Å². The highest BCUT2D eigenvalue weighted by Crippen LogP contribution is 2.29. The van der Waals surface area contributed by atoms with Gasteiger partial charge in [0.2, 0.25) is 0 Å². The van der Waals surface area contributed by atoms with Crippen molar-refractivity contribution in [3.63, 3.8) is 0 Å². The normalized spacial score (nSPS) is 17.3. The molecule has 9 heteroatoms. The zero-order valence-corrected chi connectivity index (χ0v) is 20.7. The van der Waals surface area contributed by atoms with Crippen LogP contribution < -0.4 is 9.47 Å². The van der Waals surface area contributed by atoms with Crippen molar-refractivity contribution in [3.8, 4) is 11.5 Å². The summed E-state index contributed by atoms with van der Waals surface area (Å²) in [5.41, 5.74) is 0.725. The Morgan fingerprint density at radius 3 is 2.55 bits per heavy atom. The van der Waals surface area contributed by atoms with E-state index >= 15 is 0 Å². The third-order valence-electron chi connectivity index (χ3n) is 5.01. The van der Waals surface area contributed by atoms with Crippen molar-refractivity contribution in [2.24, 2.45) is 5.92 Å². The summed E-state index contributed by atoms with van der Waals surface area (Å²) in [7, 11) is -3.13. The van der Waals surface area contributed by atoms with Gasteiger partial charge in [0.15, 0.2) is 27.9 Å². The molecule has 0 spiro atoms. The molecule has 0 saturated carbocycles. The molecule has 184 valence electrons. The molecule has 0 aromatic heterocycles. The van der Waals surface area contributed by atoms with Crippen LogP contribution in [0.15, 0.2) is 24.3 Å². The Balaban J connectivity index is 1.97. The lowest BCUT2D eigenvalue weighted by Crippen LogP contribution is -2.45. The van der Waals surface area contributed by atoms with Gasteiger partial charge in [0, 0.05) is 18.7 Å². The van der Waals surface area contributed by atoms with E-state index < -0.39 is 22.4 Å². The highest BCUT2D eigenvalue weighted by atomic mass is 32.2. The van der Waals surface area contributed by atoms with Gasteiger partial charge in [-0.1, -0.05) is 26.8 Å². The molecule has 0 radical (unpaired) electrons. The minimum Gasteiger partial charge on any atom is -0.490 e. The molecule has 0 aliphatic carbocycles. The predicted octanol–water partition coefficient (Wildman–Crippen LogP) is 3.10. The van der Waals surface area contributed by atoms with Crippen molar-refractivity contribution in [1.29, 1.82) is 0 Å². The smallest absolute Gasteiger partial charge is 0.331 e.